The van der Waals surface area contributed by atoms with Gasteiger partial charge in [0.05, 0.1) is 17.6 Å². The molecule has 0 spiro atoms. The Kier molecular flexibility index (Phi) is 3.12. The zero-order valence-corrected chi connectivity index (χ0v) is 13.2. The molecule has 3 nitrogen and oxygen atoms in total. The maximum absolute atomic E-state index is 12.3. The van der Waals surface area contributed by atoms with Crippen molar-refractivity contribution in [2.75, 3.05) is 0 Å². The Hall–Kier alpha value is -0.220. The number of carbonyl (C=O) groups is 1. The predicted octanol–water partition coefficient (Wildman–Crippen LogP) is 3.16. The lowest BCUT2D eigenvalue weighted by atomic mass is 9.82. The smallest absolute Gasteiger partial charge is 0.309 e. The van der Waals surface area contributed by atoms with Gasteiger partial charge >= 0.3 is 5.97 Å². The Bertz CT molecular complexity index is 426. The van der Waals surface area contributed by atoms with Crippen LogP contribution in [-0.2, 0) is 14.3 Å². The van der Waals surface area contributed by atoms with Crippen LogP contribution in [0.2, 0.25) is 0 Å². The molecule has 112 valence electrons. The first-order valence-corrected chi connectivity index (χ1v) is 9.03. The van der Waals surface area contributed by atoms with Gasteiger partial charge in [0, 0.05) is 10.5 Å². The van der Waals surface area contributed by atoms with Gasteiger partial charge in [-0.25, -0.2) is 0 Å². The van der Waals surface area contributed by atoms with Gasteiger partial charge in [-0.15, -0.1) is 0 Å². The Balaban J connectivity index is 1.28. The number of esters is 1. The minimum atomic E-state index is 0.0284. The number of hydrogen-bond acceptors (Lipinski definition) is 4. The molecular weight excluding hydrogens is 272 g/mol. The van der Waals surface area contributed by atoms with Crippen LogP contribution in [0.15, 0.2) is 0 Å². The number of carbonyl (C=O) groups excluding carboxylic acids is 1. The van der Waals surface area contributed by atoms with Crippen LogP contribution in [0.5, 0.6) is 0 Å². The lowest BCUT2D eigenvalue weighted by Crippen LogP contribution is -2.33. The summed E-state index contributed by atoms with van der Waals surface area (Å²) in [6, 6.07) is 0. The van der Waals surface area contributed by atoms with Crippen molar-refractivity contribution in [1.29, 1.82) is 0 Å². The molecule has 0 bridgehead atoms. The van der Waals surface area contributed by atoms with Crippen LogP contribution in [0.25, 0.3) is 0 Å². The van der Waals surface area contributed by atoms with Crippen molar-refractivity contribution in [2.45, 2.75) is 80.7 Å². The molecule has 2 aliphatic heterocycles. The molecule has 2 aliphatic carbocycles. The molecule has 2 saturated carbocycles. The van der Waals surface area contributed by atoms with E-state index in [1.807, 2.05) is 0 Å². The van der Waals surface area contributed by atoms with Crippen LogP contribution >= 0.6 is 11.8 Å². The summed E-state index contributed by atoms with van der Waals surface area (Å²) < 4.78 is 11.5. The third-order valence-corrected chi connectivity index (χ3v) is 7.34. The van der Waals surface area contributed by atoms with Gasteiger partial charge in [-0.05, 0) is 58.3 Å². The summed E-state index contributed by atoms with van der Waals surface area (Å²) in [5.74, 6) is 0.687. The van der Waals surface area contributed by atoms with Crippen LogP contribution < -0.4 is 0 Å². The van der Waals surface area contributed by atoms with Gasteiger partial charge in [-0.1, -0.05) is 0 Å². The lowest BCUT2D eigenvalue weighted by Gasteiger charge is -2.29. The van der Waals surface area contributed by atoms with Gasteiger partial charge in [0.15, 0.2) is 0 Å². The monoisotopic (exact) mass is 296 g/mol. The van der Waals surface area contributed by atoms with Crippen molar-refractivity contribution >= 4 is 17.7 Å². The number of fused-ring (bicyclic) bond motifs is 2. The summed E-state index contributed by atoms with van der Waals surface area (Å²) in [6.07, 6.45) is 7.02. The second-order valence-electron chi connectivity index (χ2n) is 7.32. The fourth-order valence-corrected chi connectivity index (χ4v) is 5.33. The fraction of sp³-hybridized carbons (Fsp3) is 0.938. The summed E-state index contributed by atoms with van der Waals surface area (Å²) in [6.45, 7) is 4.25. The SMILES string of the molecule is CC(OC(=O)C1CCC2(C)OC2C1)C1CCC2SC2C1. The molecule has 0 radical (unpaired) electrons. The van der Waals surface area contributed by atoms with E-state index in [-0.39, 0.29) is 23.6 Å². The summed E-state index contributed by atoms with van der Waals surface area (Å²) in [5, 5.41) is 1.79. The van der Waals surface area contributed by atoms with Gasteiger partial charge < -0.3 is 9.47 Å². The summed E-state index contributed by atoms with van der Waals surface area (Å²) in [5.41, 5.74) is 0.0873. The normalized spacial score (nSPS) is 50.6. The Morgan fingerprint density at radius 1 is 1.30 bits per heavy atom. The van der Waals surface area contributed by atoms with Crippen molar-refractivity contribution in [1.82, 2.24) is 0 Å². The molecule has 0 N–H and O–H groups in total. The summed E-state index contributed by atoms with van der Waals surface area (Å²) in [4.78, 5) is 12.3. The average molecular weight is 296 g/mol. The minimum absolute atomic E-state index is 0.0284. The molecule has 20 heavy (non-hydrogen) atoms. The van der Waals surface area contributed by atoms with Gasteiger partial charge in [-0.2, -0.15) is 11.8 Å². The molecule has 0 amide bonds. The highest BCUT2D eigenvalue weighted by atomic mass is 32.2. The quantitative estimate of drug-likeness (QED) is 0.592. The van der Waals surface area contributed by atoms with E-state index in [1.54, 1.807) is 0 Å². The Morgan fingerprint density at radius 2 is 2.15 bits per heavy atom. The predicted molar refractivity (Wildman–Crippen MR) is 78.7 cm³/mol. The number of rotatable bonds is 3. The largest absolute Gasteiger partial charge is 0.462 e. The van der Waals surface area contributed by atoms with Crippen molar-refractivity contribution in [3.8, 4) is 0 Å². The van der Waals surface area contributed by atoms with Gasteiger partial charge in [0.1, 0.15) is 6.10 Å². The van der Waals surface area contributed by atoms with Gasteiger partial charge in [0.2, 0.25) is 0 Å². The summed E-state index contributed by atoms with van der Waals surface area (Å²) >= 11 is 2.12. The van der Waals surface area contributed by atoms with E-state index < -0.39 is 0 Å². The first kappa shape index (κ1) is 13.4. The molecule has 4 fully saturated rings. The van der Waals surface area contributed by atoms with Crippen LogP contribution in [0.4, 0.5) is 0 Å². The molecule has 7 atom stereocenters. The zero-order valence-electron chi connectivity index (χ0n) is 12.3. The maximum Gasteiger partial charge on any atom is 0.309 e. The molecule has 0 aromatic heterocycles. The van der Waals surface area contributed by atoms with Crippen LogP contribution in [0.1, 0.15) is 52.4 Å². The highest BCUT2D eigenvalue weighted by Crippen LogP contribution is 2.53. The van der Waals surface area contributed by atoms with Crippen LogP contribution in [-0.4, -0.2) is 34.3 Å². The van der Waals surface area contributed by atoms with Crippen molar-refractivity contribution in [3.63, 3.8) is 0 Å². The van der Waals surface area contributed by atoms with E-state index in [1.165, 1.54) is 19.3 Å². The standard InChI is InChI=1S/C16H24O3S/c1-9(10-3-4-12-13(7-10)20-12)18-15(17)11-5-6-16(2)14(8-11)19-16/h9-14H,3-8H2,1-2H3. The van der Waals surface area contributed by atoms with Crippen molar-refractivity contribution < 1.29 is 14.3 Å². The second kappa shape index (κ2) is 4.64. The van der Waals surface area contributed by atoms with E-state index in [0.29, 0.717) is 12.0 Å². The number of hydrogen-bond donors (Lipinski definition) is 0. The first-order valence-electron chi connectivity index (χ1n) is 8.09. The molecule has 4 heteroatoms. The Labute approximate surface area is 125 Å². The molecule has 7 unspecified atom stereocenters. The molecule has 2 saturated heterocycles. The van der Waals surface area contributed by atoms with E-state index >= 15 is 0 Å². The zero-order chi connectivity index (χ0) is 13.9. The summed E-state index contributed by atoms with van der Waals surface area (Å²) in [7, 11) is 0. The third kappa shape index (κ3) is 2.39. The van der Waals surface area contributed by atoms with Crippen molar-refractivity contribution in [2.24, 2.45) is 11.8 Å². The topological polar surface area (TPSA) is 38.8 Å². The molecule has 2 heterocycles. The third-order valence-electron chi connectivity index (χ3n) is 5.87. The molecular formula is C16H24O3S. The van der Waals surface area contributed by atoms with Gasteiger partial charge in [0.25, 0.3) is 0 Å². The highest BCUT2D eigenvalue weighted by molar-refractivity contribution is 8.07. The van der Waals surface area contributed by atoms with Crippen LogP contribution in [0, 0.1) is 11.8 Å². The average Bonchev–Trinajstić information content (AvgIpc) is 3.30. The highest BCUT2D eigenvalue weighted by Gasteiger charge is 2.56. The van der Waals surface area contributed by atoms with E-state index in [0.717, 1.165) is 29.8 Å². The second-order valence-corrected chi connectivity index (χ2v) is 8.80. The number of epoxide rings is 1. The minimum Gasteiger partial charge on any atom is -0.462 e. The first-order chi connectivity index (χ1) is 9.55. The van der Waals surface area contributed by atoms with E-state index in [4.69, 9.17) is 9.47 Å². The number of ether oxygens (including phenoxy) is 2. The van der Waals surface area contributed by atoms with Gasteiger partial charge in [-0.3, -0.25) is 4.79 Å². The van der Waals surface area contributed by atoms with E-state index in [2.05, 4.69) is 25.6 Å². The van der Waals surface area contributed by atoms with E-state index in [9.17, 15) is 4.79 Å². The molecule has 4 aliphatic rings. The maximum atomic E-state index is 12.3. The van der Waals surface area contributed by atoms with Crippen LogP contribution in [0.3, 0.4) is 0 Å². The molecule has 0 aromatic carbocycles. The molecule has 0 aromatic rings. The van der Waals surface area contributed by atoms with Crippen molar-refractivity contribution in [3.05, 3.63) is 0 Å². The fourth-order valence-electron chi connectivity index (χ4n) is 4.10. The molecule has 4 rings (SSSR count). The Morgan fingerprint density at radius 3 is 2.90 bits per heavy atom. The lowest BCUT2D eigenvalue weighted by molar-refractivity contribution is -0.157. The number of thioether (sulfide) groups is 1.